The molecule has 2 aromatic rings. The number of esters is 1. The Morgan fingerprint density at radius 2 is 1.83 bits per heavy atom. The third-order valence-corrected chi connectivity index (χ3v) is 3.57. The molecule has 23 heavy (non-hydrogen) atoms. The van der Waals surface area contributed by atoms with E-state index in [1.54, 1.807) is 37.3 Å². The summed E-state index contributed by atoms with van der Waals surface area (Å²) < 4.78 is 17.5. The smallest absolute Gasteiger partial charge is 0.338 e. The minimum absolute atomic E-state index is 0.167. The van der Waals surface area contributed by atoms with Crippen molar-refractivity contribution < 1.29 is 18.7 Å². The molecule has 0 bridgehead atoms. The highest BCUT2D eigenvalue weighted by Gasteiger charge is 2.13. The van der Waals surface area contributed by atoms with Gasteiger partial charge in [0.05, 0.1) is 12.7 Å². The van der Waals surface area contributed by atoms with Gasteiger partial charge < -0.3 is 10.1 Å². The highest BCUT2D eigenvalue weighted by molar-refractivity contribution is 5.96. The van der Waals surface area contributed by atoms with Crippen molar-refractivity contribution in [2.45, 2.75) is 19.8 Å². The number of hydrogen-bond donors (Lipinski definition) is 1. The summed E-state index contributed by atoms with van der Waals surface area (Å²) in [5.41, 5.74) is 2.55. The Bertz CT molecular complexity index is 711. The van der Waals surface area contributed by atoms with Crippen molar-refractivity contribution in [3.8, 4) is 0 Å². The normalized spacial score (nSPS) is 10.2. The molecule has 0 saturated heterocycles. The Morgan fingerprint density at radius 1 is 1.13 bits per heavy atom. The van der Waals surface area contributed by atoms with E-state index >= 15 is 0 Å². The van der Waals surface area contributed by atoms with E-state index < -0.39 is 5.97 Å². The number of ether oxygens (including phenoxy) is 1. The van der Waals surface area contributed by atoms with Gasteiger partial charge in [0.1, 0.15) is 5.82 Å². The predicted molar refractivity (Wildman–Crippen MR) is 85.9 cm³/mol. The molecular weight excluding hydrogens is 297 g/mol. The lowest BCUT2D eigenvalue weighted by Crippen LogP contribution is -2.14. The first-order valence-electron chi connectivity index (χ1n) is 7.23. The lowest BCUT2D eigenvalue weighted by atomic mass is 10.1. The molecule has 0 aliphatic heterocycles. The Balaban J connectivity index is 2.00. The first-order chi connectivity index (χ1) is 11.0. The van der Waals surface area contributed by atoms with Gasteiger partial charge in [-0.2, -0.15) is 0 Å². The van der Waals surface area contributed by atoms with Gasteiger partial charge in [0.25, 0.3) is 0 Å². The fraction of sp³-hybridized carbons (Fsp3) is 0.222. The van der Waals surface area contributed by atoms with E-state index in [9.17, 15) is 14.0 Å². The Morgan fingerprint density at radius 3 is 2.48 bits per heavy atom. The van der Waals surface area contributed by atoms with Gasteiger partial charge in [-0.25, -0.2) is 9.18 Å². The maximum atomic E-state index is 12.8. The molecule has 0 unspecified atom stereocenters. The molecule has 0 aromatic heterocycles. The molecule has 0 saturated carbocycles. The number of aryl methyl sites for hydroxylation is 1. The van der Waals surface area contributed by atoms with Crippen LogP contribution < -0.4 is 5.32 Å². The summed E-state index contributed by atoms with van der Waals surface area (Å²) >= 11 is 0. The van der Waals surface area contributed by atoms with Crippen molar-refractivity contribution >= 4 is 17.6 Å². The highest BCUT2D eigenvalue weighted by atomic mass is 19.1. The van der Waals surface area contributed by atoms with E-state index in [0.717, 1.165) is 5.56 Å². The van der Waals surface area contributed by atoms with Crippen LogP contribution in [0.1, 0.15) is 27.9 Å². The Kier molecular flexibility index (Phi) is 5.46. The number of carbonyl (C=O) groups excluding carboxylic acids is 2. The van der Waals surface area contributed by atoms with Crippen LogP contribution in [0.4, 0.5) is 10.1 Å². The van der Waals surface area contributed by atoms with Crippen LogP contribution in [0.25, 0.3) is 0 Å². The third kappa shape index (κ3) is 4.39. The molecule has 0 heterocycles. The molecule has 0 aliphatic rings. The average Bonchev–Trinajstić information content (AvgIpc) is 2.55. The molecule has 0 spiro atoms. The van der Waals surface area contributed by atoms with E-state index in [2.05, 4.69) is 5.32 Å². The molecule has 0 radical (unpaired) electrons. The molecule has 0 aliphatic carbocycles. The number of halogens is 1. The van der Waals surface area contributed by atoms with Crippen LogP contribution in [0, 0.1) is 12.7 Å². The second-order valence-electron chi connectivity index (χ2n) is 5.14. The monoisotopic (exact) mass is 315 g/mol. The fourth-order valence-electron chi connectivity index (χ4n) is 2.22. The van der Waals surface area contributed by atoms with E-state index in [4.69, 9.17) is 4.74 Å². The number of benzene rings is 2. The molecule has 120 valence electrons. The standard InChI is InChI=1S/C18H18FNO3/c1-12-15(18(22)23-2)4-3-5-16(12)20-17(21)11-8-13-6-9-14(19)10-7-13/h3-7,9-10H,8,11H2,1-2H3,(H,20,21). The number of rotatable bonds is 5. The zero-order valence-corrected chi connectivity index (χ0v) is 13.1. The Labute approximate surface area is 134 Å². The minimum Gasteiger partial charge on any atom is -0.465 e. The predicted octanol–water partition coefficient (Wildman–Crippen LogP) is 3.49. The summed E-state index contributed by atoms with van der Waals surface area (Å²) in [4.78, 5) is 23.7. The fourth-order valence-corrected chi connectivity index (χ4v) is 2.22. The Hall–Kier alpha value is -2.69. The second-order valence-corrected chi connectivity index (χ2v) is 5.14. The van der Waals surface area contributed by atoms with Crippen LogP contribution in [0.2, 0.25) is 0 Å². The summed E-state index contributed by atoms with van der Waals surface area (Å²) in [6, 6.07) is 11.1. The van der Waals surface area contributed by atoms with E-state index in [1.807, 2.05) is 0 Å². The highest BCUT2D eigenvalue weighted by Crippen LogP contribution is 2.20. The lowest BCUT2D eigenvalue weighted by molar-refractivity contribution is -0.116. The first-order valence-corrected chi connectivity index (χ1v) is 7.23. The molecule has 4 nitrogen and oxygen atoms in total. The van der Waals surface area contributed by atoms with Gasteiger partial charge in [0, 0.05) is 12.1 Å². The summed E-state index contributed by atoms with van der Waals surface area (Å²) in [7, 11) is 1.32. The van der Waals surface area contributed by atoms with Gasteiger partial charge in [0.2, 0.25) is 5.91 Å². The zero-order chi connectivity index (χ0) is 16.8. The lowest BCUT2D eigenvalue weighted by Gasteiger charge is -2.11. The van der Waals surface area contributed by atoms with Crippen LogP contribution in [0.3, 0.4) is 0 Å². The van der Waals surface area contributed by atoms with Gasteiger partial charge in [-0.3, -0.25) is 4.79 Å². The third-order valence-electron chi connectivity index (χ3n) is 3.57. The quantitative estimate of drug-likeness (QED) is 0.859. The molecule has 1 amide bonds. The topological polar surface area (TPSA) is 55.4 Å². The largest absolute Gasteiger partial charge is 0.465 e. The van der Waals surface area contributed by atoms with Crippen molar-refractivity contribution in [2.75, 3.05) is 12.4 Å². The van der Waals surface area contributed by atoms with E-state index in [-0.39, 0.29) is 18.1 Å². The molecule has 5 heteroatoms. The molecular formula is C18H18FNO3. The minimum atomic E-state index is -0.440. The number of carbonyl (C=O) groups is 2. The number of hydrogen-bond acceptors (Lipinski definition) is 3. The summed E-state index contributed by atoms with van der Waals surface area (Å²) in [5.74, 6) is -0.905. The van der Waals surface area contributed by atoms with Gasteiger partial charge in [-0.15, -0.1) is 0 Å². The molecule has 2 aromatic carbocycles. The molecule has 0 atom stereocenters. The maximum absolute atomic E-state index is 12.8. The summed E-state index contributed by atoms with van der Waals surface area (Å²) in [5, 5.41) is 2.79. The van der Waals surface area contributed by atoms with Gasteiger partial charge in [-0.05, 0) is 48.7 Å². The van der Waals surface area contributed by atoms with E-state index in [0.29, 0.717) is 23.2 Å². The summed E-state index contributed by atoms with van der Waals surface area (Å²) in [6.07, 6.45) is 0.787. The van der Waals surface area contributed by atoms with Crippen LogP contribution in [0.5, 0.6) is 0 Å². The van der Waals surface area contributed by atoms with Crippen molar-refractivity contribution in [2.24, 2.45) is 0 Å². The maximum Gasteiger partial charge on any atom is 0.338 e. The van der Waals surface area contributed by atoms with Crippen LogP contribution >= 0.6 is 0 Å². The SMILES string of the molecule is COC(=O)c1cccc(NC(=O)CCc2ccc(F)cc2)c1C. The number of amides is 1. The van der Waals surface area contributed by atoms with Crippen LogP contribution in [-0.4, -0.2) is 19.0 Å². The van der Waals surface area contributed by atoms with Crippen LogP contribution in [0.15, 0.2) is 42.5 Å². The number of methoxy groups -OCH3 is 1. The molecule has 1 N–H and O–H groups in total. The van der Waals surface area contributed by atoms with Crippen molar-refractivity contribution in [1.82, 2.24) is 0 Å². The van der Waals surface area contributed by atoms with Gasteiger partial charge in [-0.1, -0.05) is 18.2 Å². The first kappa shape index (κ1) is 16.7. The molecule has 0 fully saturated rings. The van der Waals surface area contributed by atoms with Gasteiger partial charge in [0.15, 0.2) is 0 Å². The summed E-state index contributed by atoms with van der Waals surface area (Å²) in [6.45, 7) is 1.75. The van der Waals surface area contributed by atoms with Crippen molar-refractivity contribution in [3.63, 3.8) is 0 Å². The molecule has 2 rings (SSSR count). The zero-order valence-electron chi connectivity index (χ0n) is 13.1. The van der Waals surface area contributed by atoms with Gasteiger partial charge >= 0.3 is 5.97 Å². The van der Waals surface area contributed by atoms with E-state index in [1.165, 1.54) is 19.2 Å². The van der Waals surface area contributed by atoms with Crippen LogP contribution in [-0.2, 0) is 16.0 Å². The number of nitrogens with one attached hydrogen (secondary N) is 1. The van der Waals surface area contributed by atoms with Crippen molar-refractivity contribution in [3.05, 3.63) is 65.0 Å². The van der Waals surface area contributed by atoms with Crippen molar-refractivity contribution in [1.29, 1.82) is 0 Å². The second kappa shape index (κ2) is 7.54. The number of anilines is 1. The average molecular weight is 315 g/mol.